The Bertz CT molecular complexity index is 1090. The molecule has 1 saturated heterocycles. The first-order valence-corrected chi connectivity index (χ1v) is 9.57. The van der Waals surface area contributed by atoms with Crippen molar-refractivity contribution in [1.82, 2.24) is 14.9 Å². The summed E-state index contributed by atoms with van der Waals surface area (Å²) >= 11 is 0. The fraction of sp³-hybridized carbons (Fsp3) is 0.333. The van der Waals surface area contributed by atoms with Gasteiger partial charge in [0.05, 0.1) is 11.3 Å². The number of carbonyl (C=O) groups excluding carboxylic acids is 1. The summed E-state index contributed by atoms with van der Waals surface area (Å²) < 4.78 is 19.3. The minimum atomic E-state index is -0.740. The standard InChI is InChI=1S/C21H22FN4O3/c22-14-2-1-7-26(12-14)8-9-29-15-3-5-17-13(10-15)11-19(24-17)16-4-6-18(20(23)27)25-21(16)28/h3-5,10-11,14,24H,1-2,7-9,12H2,(H2,23,27)(H,25,28). The predicted molar refractivity (Wildman–Crippen MR) is 108 cm³/mol. The molecule has 1 aromatic carbocycles. The molecule has 1 unspecified atom stereocenters. The number of H-pyrrole nitrogens is 2. The molecule has 3 aromatic rings. The number of piperidine rings is 1. The lowest BCUT2D eigenvalue weighted by atomic mass is 10.1. The van der Waals surface area contributed by atoms with Gasteiger partial charge in [0.15, 0.2) is 0 Å². The summed E-state index contributed by atoms with van der Waals surface area (Å²) in [6.45, 7) is 2.56. The Morgan fingerprint density at radius 3 is 2.97 bits per heavy atom. The van der Waals surface area contributed by atoms with Gasteiger partial charge in [-0.1, -0.05) is 0 Å². The Kier molecular flexibility index (Phi) is 5.35. The number of hydrogen-bond acceptors (Lipinski definition) is 4. The molecule has 151 valence electrons. The van der Waals surface area contributed by atoms with Crippen molar-refractivity contribution in [2.24, 2.45) is 5.73 Å². The molecule has 8 heteroatoms. The van der Waals surface area contributed by atoms with Gasteiger partial charge in [0.2, 0.25) is 0 Å². The molecule has 1 atom stereocenters. The zero-order valence-electron chi connectivity index (χ0n) is 15.8. The van der Waals surface area contributed by atoms with Crippen LogP contribution in [0.1, 0.15) is 23.3 Å². The highest BCUT2D eigenvalue weighted by molar-refractivity contribution is 5.91. The molecule has 1 aliphatic heterocycles. The molecule has 4 N–H and O–H groups in total. The van der Waals surface area contributed by atoms with Crippen LogP contribution < -0.4 is 16.0 Å². The lowest BCUT2D eigenvalue weighted by Crippen LogP contribution is -2.38. The zero-order valence-corrected chi connectivity index (χ0v) is 15.8. The minimum Gasteiger partial charge on any atom is -0.492 e. The van der Waals surface area contributed by atoms with Gasteiger partial charge < -0.3 is 20.4 Å². The second kappa shape index (κ2) is 8.08. The molecule has 1 amide bonds. The number of aromatic amines is 2. The molecular weight excluding hydrogens is 375 g/mol. The van der Waals surface area contributed by atoms with E-state index >= 15 is 0 Å². The van der Waals surface area contributed by atoms with Crippen LogP contribution in [0, 0.1) is 6.07 Å². The summed E-state index contributed by atoms with van der Waals surface area (Å²) in [6, 6.07) is 11.6. The molecule has 4 rings (SSSR count). The van der Waals surface area contributed by atoms with Crippen LogP contribution in [0.5, 0.6) is 5.75 Å². The molecule has 1 aliphatic rings. The lowest BCUT2D eigenvalue weighted by Gasteiger charge is -2.28. The van der Waals surface area contributed by atoms with Crippen molar-refractivity contribution < 1.29 is 13.9 Å². The monoisotopic (exact) mass is 397 g/mol. The Morgan fingerprint density at radius 2 is 2.21 bits per heavy atom. The van der Waals surface area contributed by atoms with Crippen LogP contribution in [0.4, 0.5) is 4.39 Å². The van der Waals surface area contributed by atoms with E-state index in [-0.39, 0.29) is 5.69 Å². The topological polar surface area (TPSA) is 104 Å². The second-order valence-corrected chi connectivity index (χ2v) is 7.22. The number of ether oxygens (including phenoxy) is 1. The van der Waals surface area contributed by atoms with Crippen LogP contribution in [0.2, 0.25) is 0 Å². The number of carbonyl (C=O) groups is 1. The summed E-state index contributed by atoms with van der Waals surface area (Å²) in [5.41, 5.74) is 6.49. The molecule has 0 spiro atoms. The van der Waals surface area contributed by atoms with Gasteiger partial charge in [-0.25, -0.2) is 4.39 Å². The van der Waals surface area contributed by atoms with E-state index in [1.54, 1.807) is 0 Å². The summed E-state index contributed by atoms with van der Waals surface area (Å²) in [6.07, 6.45) is 0.794. The van der Waals surface area contributed by atoms with Gasteiger partial charge in [0.1, 0.15) is 24.2 Å². The van der Waals surface area contributed by atoms with Gasteiger partial charge in [-0.15, -0.1) is 0 Å². The van der Waals surface area contributed by atoms with E-state index in [0.29, 0.717) is 43.1 Å². The number of primary amides is 1. The molecule has 1 fully saturated rings. The van der Waals surface area contributed by atoms with E-state index in [9.17, 15) is 14.0 Å². The molecule has 29 heavy (non-hydrogen) atoms. The number of halogens is 1. The number of nitrogens with zero attached hydrogens (tertiary/aromatic N) is 1. The SMILES string of the molecule is NC(=O)c1[c]cc(-c2cc3cc(OCCN4CCCC(F)C4)ccc3[nH]2)c(=O)[nH]1. The van der Waals surface area contributed by atoms with Crippen molar-refractivity contribution in [3.8, 4) is 17.0 Å². The zero-order chi connectivity index (χ0) is 20.4. The fourth-order valence-electron chi connectivity index (χ4n) is 3.60. The molecule has 0 saturated carbocycles. The number of fused-ring (bicyclic) bond motifs is 1. The first kappa shape index (κ1) is 19.2. The Labute approximate surface area is 166 Å². The van der Waals surface area contributed by atoms with Crippen molar-refractivity contribution >= 4 is 16.8 Å². The van der Waals surface area contributed by atoms with Crippen LogP contribution in [-0.4, -0.2) is 53.2 Å². The van der Waals surface area contributed by atoms with E-state index in [0.717, 1.165) is 23.9 Å². The van der Waals surface area contributed by atoms with Crippen LogP contribution in [0.3, 0.4) is 0 Å². The van der Waals surface area contributed by atoms with Crippen LogP contribution in [0.25, 0.3) is 22.2 Å². The van der Waals surface area contributed by atoms with Crippen LogP contribution in [0.15, 0.2) is 35.1 Å². The number of nitrogens with one attached hydrogen (secondary N) is 2. The van der Waals surface area contributed by atoms with Gasteiger partial charge in [-0.2, -0.15) is 0 Å². The molecule has 7 nitrogen and oxygen atoms in total. The van der Waals surface area contributed by atoms with Crippen molar-refractivity contribution in [2.75, 3.05) is 26.2 Å². The third-order valence-corrected chi connectivity index (χ3v) is 5.10. The normalized spacial score (nSPS) is 17.5. The van der Waals surface area contributed by atoms with Crippen LogP contribution >= 0.6 is 0 Å². The van der Waals surface area contributed by atoms with E-state index in [1.165, 1.54) is 6.07 Å². The third-order valence-electron chi connectivity index (χ3n) is 5.10. The molecule has 0 bridgehead atoms. The maximum absolute atomic E-state index is 13.5. The number of aromatic nitrogens is 2. The maximum Gasteiger partial charge on any atom is 0.265 e. The number of pyridine rings is 1. The van der Waals surface area contributed by atoms with Gasteiger partial charge in [-0.3, -0.25) is 14.5 Å². The van der Waals surface area contributed by atoms with Crippen molar-refractivity contribution in [1.29, 1.82) is 0 Å². The number of benzene rings is 1. The van der Waals surface area contributed by atoms with Crippen LogP contribution in [-0.2, 0) is 0 Å². The van der Waals surface area contributed by atoms with E-state index < -0.39 is 17.6 Å². The summed E-state index contributed by atoms with van der Waals surface area (Å²) in [5.74, 6) is -0.0277. The van der Waals surface area contributed by atoms with Gasteiger partial charge in [0.25, 0.3) is 11.5 Å². The van der Waals surface area contributed by atoms with Crippen molar-refractivity contribution in [2.45, 2.75) is 19.0 Å². The maximum atomic E-state index is 13.5. The van der Waals surface area contributed by atoms with Gasteiger partial charge in [-0.05, 0) is 49.7 Å². The molecule has 0 aliphatic carbocycles. The Hall–Kier alpha value is -3.13. The first-order chi connectivity index (χ1) is 14.0. The highest BCUT2D eigenvalue weighted by Gasteiger charge is 2.18. The molecule has 3 heterocycles. The molecular formula is C21H22FN4O3. The van der Waals surface area contributed by atoms with Gasteiger partial charge in [0, 0.05) is 30.1 Å². The smallest absolute Gasteiger partial charge is 0.265 e. The number of rotatable bonds is 6. The van der Waals surface area contributed by atoms with Gasteiger partial charge >= 0.3 is 0 Å². The number of alkyl halides is 1. The fourth-order valence-corrected chi connectivity index (χ4v) is 3.60. The Morgan fingerprint density at radius 1 is 1.34 bits per heavy atom. The predicted octanol–water partition coefficient (Wildman–Crippen LogP) is 2.23. The highest BCUT2D eigenvalue weighted by atomic mass is 19.1. The lowest BCUT2D eigenvalue weighted by molar-refractivity contribution is 0.0995. The summed E-state index contributed by atoms with van der Waals surface area (Å²) in [5, 5.41) is 0.887. The summed E-state index contributed by atoms with van der Waals surface area (Å²) in [7, 11) is 0. The second-order valence-electron chi connectivity index (χ2n) is 7.22. The largest absolute Gasteiger partial charge is 0.492 e. The average molecular weight is 397 g/mol. The van der Waals surface area contributed by atoms with E-state index in [1.807, 2.05) is 24.3 Å². The van der Waals surface area contributed by atoms with E-state index in [2.05, 4.69) is 20.9 Å². The summed E-state index contributed by atoms with van der Waals surface area (Å²) in [4.78, 5) is 31.1. The number of amides is 1. The molecule has 1 radical (unpaired) electrons. The van der Waals surface area contributed by atoms with Crippen molar-refractivity contribution in [3.05, 3.63) is 52.4 Å². The average Bonchev–Trinajstić information content (AvgIpc) is 3.11. The number of likely N-dealkylation sites (tertiary alicyclic amines) is 1. The minimum absolute atomic E-state index is 0.0571. The third kappa shape index (κ3) is 4.32. The van der Waals surface area contributed by atoms with Crippen molar-refractivity contribution in [3.63, 3.8) is 0 Å². The first-order valence-electron chi connectivity index (χ1n) is 9.57. The highest BCUT2D eigenvalue weighted by Crippen LogP contribution is 2.25. The number of hydrogen-bond donors (Lipinski definition) is 3. The Balaban J connectivity index is 1.46. The molecule has 2 aromatic heterocycles. The quantitative estimate of drug-likeness (QED) is 0.593. The number of nitrogens with two attached hydrogens (primary N) is 1. The van der Waals surface area contributed by atoms with E-state index in [4.69, 9.17) is 10.5 Å².